The molecule has 4 aromatic rings. The van der Waals surface area contributed by atoms with Gasteiger partial charge in [-0.2, -0.15) is 5.26 Å². The first-order chi connectivity index (χ1) is 22.3. The van der Waals surface area contributed by atoms with E-state index in [1.165, 1.54) is 13.8 Å². The van der Waals surface area contributed by atoms with E-state index in [9.17, 15) is 14.9 Å². The predicted octanol–water partition coefficient (Wildman–Crippen LogP) is 5.30. The molecule has 0 aliphatic rings. The molecule has 3 N–H and O–H groups in total. The number of rotatable bonds is 14. The summed E-state index contributed by atoms with van der Waals surface area (Å²) in [6, 6.07) is 31.5. The molecule has 9 nitrogen and oxygen atoms in total. The van der Waals surface area contributed by atoms with Crippen molar-refractivity contribution >= 4 is 17.6 Å². The third kappa shape index (κ3) is 9.96. The Balaban J connectivity index is 1.61. The maximum absolute atomic E-state index is 11.4. The van der Waals surface area contributed by atoms with E-state index in [1.807, 2.05) is 54.6 Å². The molecule has 0 unspecified atom stereocenters. The molecule has 0 heterocycles. The highest BCUT2D eigenvalue weighted by molar-refractivity contribution is 6.01. The van der Waals surface area contributed by atoms with Crippen LogP contribution < -0.4 is 25.4 Å². The molecular weight excluding hydrogens is 578 g/mol. The number of benzene rings is 4. The van der Waals surface area contributed by atoms with Crippen LogP contribution in [0.15, 0.2) is 96.0 Å². The van der Waals surface area contributed by atoms with Crippen molar-refractivity contribution in [3.8, 4) is 28.7 Å². The molecule has 4 aromatic carbocycles. The summed E-state index contributed by atoms with van der Waals surface area (Å²) in [6.45, 7) is 7.14. The smallest absolute Gasteiger partial charge is 0.216 e. The Hall–Kier alpha value is -5.62. The normalized spacial score (nSPS) is 10.9. The van der Waals surface area contributed by atoms with E-state index in [4.69, 9.17) is 14.5 Å². The van der Waals surface area contributed by atoms with Crippen LogP contribution in [0.4, 0.5) is 0 Å². The SMILES string of the molecule is CC(=O)NCCN=C(NCCNC(C)=O)c1ccc(OCc2cccc(-c3ccccc3)c2C)cc1OCc1cccc(C#N)c1. The molecule has 0 spiro atoms. The summed E-state index contributed by atoms with van der Waals surface area (Å²) in [6.07, 6.45) is 0. The molecule has 4 rings (SSSR count). The van der Waals surface area contributed by atoms with Gasteiger partial charge in [-0.1, -0.05) is 60.7 Å². The number of aliphatic imine (C=N–C) groups is 1. The molecule has 0 saturated carbocycles. The van der Waals surface area contributed by atoms with Gasteiger partial charge in [-0.05, 0) is 59.0 Å². The summed E-state index contributed by atoms with van der Waals surface area (Å²) < 4.78 is 12.6. The molecule has 46 heavy (non-hydrogen) atoms. The van der Waals surface area contributed by atoms with Crippen LogP contribution in [-0.4, -0.2) is 43.8 Å². The van der Waals surface area contributed by atoms with Crippen molar-refractivity contribution in [1.82, 2.24) is 16.0 Å². The molecule has 9 heteroatoms. The number of ether oxygens (including phenoxy) is 2. The third-order valence-corrected chi connectivity index (χ3v) is 7.13. The van der Waals surface area contributed by atoms with Crippen molar-refractivity contribution < 1.29 is 19.1 Å². The van der Waals surface area contributed by atoms with Crippen LogP contribution in [0.2, 0.25) is 0 Å². The Bertz CT molecular complexity index is 1710. The number of nitriles is 1. The van der Waals surface area contributed by atoms with Crippen LogP contribution in [-0.2, 0) is 22.8 Å². The molecule has 0 fully saturated rings. The van der Waals surface area contributed by atoms with Crippen molar-refractivity contribution in [2.75, 3.05) is 26.2 Å². The molecule has 236 valence electrons. The summed E-state index contributed by atoms with van der Waals surface area (Å²) >= 11 is 0. The third-order valence-electron chi connectivity index (χ3n) is 7.13. The minimum absolute atomic E-state index is 0.124. The maximum atomic E-state index is 11.4. The number of hydrogen-bond acceptors (Lipinski definition) is 6. The Morgan fingerprint density at radius 2 is 1.52 bits per heavy atom. The minimum atomic E-state index is -0.134. The molecule has 0 aliphatic heterocycles. The van der Waals surface area contributed by atoms with Crippen molar-refractivity contribution in [2.45, 2.75) is 34.0 Å². The zero-order valence-corrected chi connectivity index (χ0v) is 26.4. The maximum Gasteiger partial charge on any atom is 0.216 e. The summed E-state index contributed by atoms with van der Waals surface area (Å²) in [5.41, 5.74) is 6.61. The topological polar surface area (TPSA) is 125 Å². The molecule has 0 aromatic heterocycles. The summed E-state index contributed by atoms with van der Waals surface area (Å²) in [7, 11) is 0. The fourth-order valence-corrected chi connectivity index (χ4v) is 4.79. The van der Waals surface area contributed by atoms with Gasteiger partial charge in [0.2, 0.25) is 11.8 Å². The lowest BCUT2D eigenvalue weighted by molar-refractivity contribution is -0.119. The van der Waals surface area contributed by atoms with Crippen molar-refractivity contribution in [2.24, 2.45) is 4.99 Å². The highest BCUT2D eigenvalue weighted by Gasteiger charge is 2.14. The molecule has 0 aliphatic carbocycles. The first-order valence-electron chi connectivity index (χ1n) is 15.1. The van der Waals surface area contributed by atoms with Crippen LogP contribution in [0.3, 0.4) is 0 Å². The zero-order valence-electron chi connectivity index (χ0n) is 26.4. The van der Waals surface area contributed by atoms with Gasteiger partial charge in [-0.15, -0.1) is 0 Å². The lowest BCUT2D eigenvalue weighted by Gasteiger charge is -2.18. The summed E-state index contributed by atoms with van der Waals surface area (Å²) in [5, 5.41) is 18.2. The molecule has 0 bridgehead atoms. The van der Waals surface area contributed by atoms with E-state index in [1.54, 1.807) is 12.1 Å². The van der Waals surface area contributed by atoms with Crippen molar-refractivity contribution in [3.05, 3.63) is 119 Å². The minimum Gasteiger partial charge on any atom is -0.489 e. The van der Waals surface area contributed by atoms with Gasteiger partial charge in [0.25, 0.3) is 0 Å². The van der Waals surface area contributed by atoms with E-state index in [-0.39, 0.29) is 18.4 Å². The molecule has 2 amide bonds. The van der Waals surface area contributed by atoms with E-state index in [0.717, 1.165) is 27.8 Å². The van der Waals surface area contributed by atoms with E-state index in [0.29, 0.717) is 61.2 Å². The highest BCUT2D eigenvalue weighted by atomic mass is 16.5. The van der Waals surface area contributed by atoms with Gasteiger partial charge in [-0.3, -0.25) is 14.6 Å². The van der Waals surface area contributed by atoms with Crippen LogP contribution >= 0.6 is 0 Å². The Labute approximate surface area is 270 Å². The lowest BCUT2D eigenvalue weighted by atomic mass is 9.97. The summed E-state index contributed by atoms with van der Waals surface area (Å²) in [4.78, 5) is 27.5. The second-order valence-electron chi connectivity index (χ2n) is 10.6. The van der Waals surface area contributed by atoms with E-state index >= 15 is 0 Å². The van der Waals surface area contributed by atoms with Crippen molar-refractivity contribution in [3.63, 3.8) is 0 Å². The number of hydrogen-bond donors (Lipinski definition) is 3. The fraction of sp³-hybridized carbons (Fsp3) is 0.243. The molecule has 0 atom stereocenters. The Morgan fingerprint density at radius 3 is 2.28 bits per heavy atom. The number of amidine groups is 1. The first kappa shape index (κ1) is 33.3. The van der Waals surface area contributed by atoms with Crippen LogP contribution in [0, 0.1) is 18.3 Å². The first-order valence-corrected chi connectivity index (χ1v) is 15.1. The lowest BCUT2D eigenvalue weighted by Crippen LogP contribution is -2.35. The largest absolute Gasteiger partial charge is 0.489 e. The second kappa shape index (κ2) is 17.0. The number of carbonyl (C=O) groups is 2. The van der Waals surface area contributed by atoms with E-state index in [2.05, 4.69) is 53.2 Å². The van der Waals surface area contributed by atoms with Crippen LogP contribution in [0.5, 0.6) is 11.5 Å². The average Bonchev–Trinajstić information content (AvgIpc) is 3.06. The fourth-order valence-electron chi connectivity index (χ4n) is 4.79. The van der Waals surface area contributed by atoms with Crippen LogP contribution in [0.25, 0.3) is 11.1 Å². The van der Waals surface area contributed by atoms with Gasteiger partial charge in [0.15, 0.2) is 0 Å². The van der Waals surface area contributed by atoms with Gasteiger partial charge in [-0.25, -0.2) is 0 Å². The Kier molecular flexibility index (Phi) is 12.3. The zero-order chi connectivity index (χ0) is 32.7. The van der Waals surface area contributed by atoms with Gasteiger partial charge in [0, 0.05) is 39.5 Å². The Morgan fingerprint density at radius 1 is 0.783 bits per heavy atom. The highest BCUT2D eigenvalue weighted by Crippen LogP contribution is 2.29. The average molecular weight is 618 g/mol. The standard InChI is InChI=1S/C37H39N5O4/c1-26-32(13-8-14-34(26)31-11-5-4-6-12-31)25-45-33-15-16-35(36(22-33)46-24-30-10-7-9-29(21-30)23-38)37(41-19-17-39-27(2)43)42-20-18-40-28(3)44/h4-16,21-22H,17-20,24-25H2,1-3H3,(H,39,43)(H,40,44)(H,41,42). The van der Waals surface area contributed by atoms with Crippen LogP contribution in [0.1, 0.15) is 41.7 Å². The van der Waals surface area contributed by atoms with Gasteiger partial charge in [0.1, 0.15) is 30.5 Å². The molecule has 0 radical (unpaired) electrons. The predicted molar refractivity (Wildman–Crippen MR) is 180 cm³/mol. The second-order valence-corrected chi connectivity index (χ2v) is 10.6. The van der Waals surface area contributed by atoms with Gasteiger partial charge < -0.3 is 25.4 Å². The monoisotopic (exact) mass is 617 g/mol. The molecular formula is C37H39N5O4. The number of amides is 2. The van der Waals surface area contributed by atoms with Gasteiger partial charge in [0.05, 0.1) is 23.7 Å². The van der Waals surface area contributed by atoms with Crippen molar-refractivity contribution in [1.29, 1.82) is 5.26 Å². The number of nitrogens with one attached hydrogen (secondary N) is 3. The van der Waals surface area contributed by atoms with Gasteiger partial charge >= 0.3 is 0 Å². The summed E-state index contributed by atoms with van der Waals surface area (Å²) in [5.74, 6) is 1.44. The number of nitrogens with zero attached hydrogens (tertiary/aromatic N) is 2. The molecule has 0 saturated heterocycles. The quantitative estimate of drug-likeness (QED) is 0.100. The van der Waals surface area contributed by atoms with E-state index < -0.39 is 0 Å². The number of carbonyl (C=O) groups excluding carboxylic acids is 2.